The van der Waals surface area contributed by atoms with Crippen LogP contribution in [-0.2, 0) is 15.3 Å². The molecule has 0 unspecified atom stereocenters. The van der Waals surface area contributed by atoms with Gasteiger partial charge in [0.1, 0.15) is 15.6 Å². The van der Waals surface area contributed by atoms with Crippen molar-refractivity contribution in [3.05, 3.63) is 10.0 Å². The number of rotatable bonds is 4. The van der Waals surface area contributed by atoms with Crippen LogP contribution in [0.25, 0.3) is 0 Å². The lowest BCUT2D eigenvalue weighted by molar-refractivity contribution is -0.151. The Kier molecular flexibility index (Phi) is 5.01. The van der Waals surface area contributed by atoms with Gasteiger partial charge >= 0.3 is 5.97 Å². The summed E-state index contributed by atoms with van der Waals surface area (Å²) < 4.78 is 9.45. The maximum atomic E-state index is 11.4. The minimum Gasteiger partial charge on any atom is -0.459 e. The van der Waals surface area contributed by atoms with Crippen LogP contribution in [0, 0.1) is 0 Å². The molecular formula is C9H13ClN2O2S2. The summed E-state index contributed by atoms with van der Waals surface area (Å²) in [6, 6.07) is 0. The largest absolute Gasteiger partial charge is 0.459 e. The lowest BCUT2D eigenvalue weighted by Gasteiger charge is -2.19. The Bertz CT molecular complexity index is 363. The quantitative estimate of drug-likeness (QED) is 0.794. The highest BCUT2D eigenvalue weighted by Crippen LogP contribution is 2.22. The Labute approximate surface area is 108 Å². The van der Waals surface area contributed by atoms with Gasteiger partial charge in [-0.3, -0.25) is 4.79 Å². The van der Waals surface area contributed by atoms with Gasteiger partial charge in [0.15, 0.2) is 0 Å². The Morgan fingerprint density at radius 1 is 1.56 bits per heavy atom. The molecule has 90 valence electrons. The van der Waals surface area contributed by atoms with Crippen molar-refractivity contribution in [2.75, 3.05) is 5.75 Å². The lowest BCUT2D eigenvalue weighted by Crippen LogP contribution is -2.24. The van der Waals surface area contributed by atoms with Gasteiger partial charge in [0.05, 0.1) is 5.75 Å². The minimum absolute atomic E-state index is 0.225. The summed E-state index contributed by atoms with van der Waals surface area (Å²) in [4.78, 5) is 11.4. The highest BCUT2D eigenvalue weighted by Gasteiger charge is 2.16. The molecule has 0 saturated carbocycles. The summed E-state index contributed by atoms with van der Waals surface area (Å²) in [5, 5.41) is 3.85. The summed E-state index contributed by atoms with van der Waals surface area (Å²) in [5.41, 5.74) is 0.289. The molecule has 1 rings (SSSR count). The molecule has 0 spiro atoms. The second-order valence-electron chi connectivity index (χ2n) is 4.07. The first-order valence-electron chi connectivity index (χ1n) is 4.65. The first-order valence-corrected chi connectivity index (χ1v) is 6.95. The standard InChI is InChI=1S/C9H13ClN2O2S2/c1-9(2,3)14-7(13)5-15-4-6-8(10)16-12-11-6/h4-5H2,1-3H3. The minimum atomic E-state index is -0.433. The van der Waals surface area contributed by atoms with E-state index in [4.69, 9.17) is 16.3 Å². The molecule has 1 heterocycles. The second kappa shape index (κ2) is 5.84. The Hall–Kier alpha value is -0.330. The first kappa shape index (κ1) is 13.7. The van der Waals surface area contributed by atoms with Crippen LogP contribution in [0.1, 0.15) is 26.5 Å². The number of esters is 1. The average Bonchev–Trinajstić information content (AvgIpc) is 2.48. The Morgan fingerprint density at radius 3 is 2.75 bits per heavy atom. The molecule has 0 aromatic carbocycles. The highest BCUT2D eigenvalue weighted by atomic mass is 35.5. The molecule has 0 fully saturated rings. The van der Waals surface area contributed by atoms with Gasteiger partial charge in [0, 0.05) is 17.3 Å². The Morgan fingerprint density at radius 2 is 2.25 bits per heavy atom. The van der Waals surface area contributed by atoms with Crippen LogP contribution in [0.15, 0.2) is 0 Å². The fraction of sp³-hybridized carbons (Fsp3) is 0.667. The van der Waals surface area contributed by atoms with Gasteiger partial charge in [0.2, 0.25) is 0 Å². The number of carbonyl (C=O) groups excluding carboxylic acids is 1. The van der Waals surface area contributed by atoms with Gasteiger partial charge in [0.25, 0.3) is 0 Å². The van der Waals surface area contributed by atoms with Gasteiger partial charge in [-0.25, -0.2) is 0 Å². The number of hydrogen-bond acceptors (Lipinski definition) is 6. The van der Waals surface area contributed by atoms with Gasteiger partial charge in [-0.2, -0.15) is 0 Å². The second-order valence-corrected chi connectivity index (χ2v) is 6.41. The number of aromatic nitrogens is 2. The van der Waals surface area contributed by atoms with E-state index >= 15 is 0 Å². The zero-order valence-electron chi connectivity index (χ0n) is 9.32. The van der Waals surface area contributed by atoms with Crippen molar-refractivity contribution in [3.63, 3.8) is 0 Å². The van der Waals surface area contributed by atoms with E-state index in [0.717, 1.165) is 17.2 Å². The fourth-order valence-electron chi connectivity index (χ4n) is 0.885. The van der Waals surface area contributed by atoms with Crippen molar-refractivity contribution in [1.82, 2.24) is 9.59 Å². The van der Waals surface area contributed by atoms with Crippen molar-refractivity contribution >= 4 is 40.9 Å². The van der Waals surface area contributed by atoms with Gasteiger partial charge in [-0.1, -0.05) is 16.1 Å². The first-order chi connectivity index (χ1) is 7.38. The summed E-state index contributed by atoms with van der Waals surface area (Å²) in [5.74, 6) is 0.650. The molecule has 0 radical (unpaired) electrons. The van der Waals surface area contributed by atoms with E-state index in [0.29, 0.717) is 15.8 Å². The predicted molar refractivity (Wildman–Crippen MR) is 66.9 cm³/mol. The number of thioether (sulfide) groups is 1. The van der Waals surface area contributed by atoms with Crippen molar-refractivity contribution in [2.45, 2.75) is 32.1 Å². The monoisotopic (exact) mass is 280 g/mol. The maximum absolute atomic E-state index is 11.4. The summed E-state index contributed by atoms with van der Waals surface area (Å²) >= 11 is 8.39. The number of hydrogen-bond donors (Lipinski definition) is 0. The SMILES string of the molecule is CC(C)(C)OC(=O)CSCc1nnsc1Cl. The molecule has 0 atom stereocenters. The fourth-order valence-corrected chi connectivity index (χ4v) is 2.41. The molecule has 0 aliphatic rings. The smallest absolute Gasteiger partial charge is 0.316 e. The highest BCUT2D eigenvalue weighted by molar-refractivity contribution is 7.99. The third-order valence-electron chi connectivity index (χ3n) is 1.39. The zero-order valence-corrected chi connectivity index (χ0v) is 11.7. The zero-order chi connectivity index (χ0) is 12.2. The number of nitrogens with zero attached hydrogens (tertiary/aromatic N) is 2. The maximum Gasteiger partial charge on any atom is 0.316 e. The van der Waals surface area contributed by atoms with Gasteiger partial charge < -0.3 is 4.74 Å². The molecule has 0 amide bonds. The topological polar surface area (TPSA) is 52.1 Å². The third kappa shape index (κ3) is 5.14. The third-order valence-corrected chi connectivity index (χ3v) is 3.29. The molecule has 1 aromatic heterocycles. The van der Waals surface area contributed by atoms with Crippen LogP contribution in [0.5, 0.6) is 0 Å². The van der Waals surface area contributed by atoms with E-state index in [1.807, 2.05) is 20.8 Å². The molecule has 0 saturated heterocycles. The van der Waals surface area contributed by atoms with E-state index in [1.54, 1.807) is 0 Å². The number of ether oxygens (including phenoxy) is 1. The van der Waals surface area contributed by atoms with E-state index < -0.39 is 5.60 Å². The number of carbonyl (C=O) groups is 1. The molecule has 4 nitrogen and oxygen atoms in total. The molecule has 7 heteroatoms. The molecule has 0 N–H and O–H groups in total. The number of halogens is 1. The summed E-state index contributed by atoms with van der Waals surface area (Å²) in [6.07, 6.45) is 0. The van der Waals surface area contributed by atoms with Crippen molar-refractivity contribution in [1.29, 1.82) is 0 Å². The van der Waals surface area contributed by atoms with Crippen molar-refractivity contribution < 1.29 is 9.53 Å². The molecule has 0 aliphatic heterocycles. The van der Waals surface area contributed by atoms with Crippen molar-refractivity contribution in [3.8, 4) is 0 Å². The molecular weight excluding hydrogens is 268 g/mol. The molecule has 1 aromatic rings. The molecule has 0 bridgehead atoms. The normalized spacial score (nSPS) is 11.5. The molecule has 0 aliphatic carbocycles. The summed E-state index contributed by atoms with van der Waals surface area (Å²) in [6.45, 7) is 5.53. The average molecular weight is 281 g/mol. The van der Waals surface area contributed by atoms with Crippen LogP contribution in [0.3, 0.4) is 0 Å². The van der Waals surface area contributed by atoms with E-state index in [9.17, 15) is 4.79 Å². The summed E-state index contributed by atoms with van der Waals surface area (Å²) in [7, 11) is 0. The van der Waals surface area contributed by atoms with Crippen LogP contribution in [0.4, 0.5) is 0 Å². The van der Waals surface area contributed by atoms with Crippen LogP contribution in [0.2, 0.25) is 4.34 Å². The van der Waals surface area contributed by atoms with Crippen LogP contribution in [-0.4, -0.2) is 26.9 Å². The lowest BCUT2D eigenvalue weighted by atomic mass is 10.2. The Balaban J connectivity index is 2.26. The van der Waals surface area contributed by atoms with Crippen LogP contribution >= 0.6 is 34.9 Å². The van der Waals surface area contributed by atoms with Crippen LogP contribution < -0.4 is 0 Å². The van der Waals surface area contributed by atoms with E-state index in [-0.39, 0.29) is 5.97 Å². The van der Waals surface area contributed by atoms with Crippen molar-refractivity contribution in [2.24, 2.45) is 0 Å². The van der Waals surface area contributed by atoms with Gasteiger partial charge in [-0.15, -0.1) is 16.9 Å². The predicted octanol–water partition coefficient (Wildman–Crippen LogP) is 2.77. The van der Waals surface area contributed by atoms with E-state index in [1.165, 1.54) is 11.8 Å². The molecule has 16 heavy (non-hydrogen) atoms. The van der Waals surface area contributed by atoms with Gasteiger partial charge in [-0.05, 0) is 20.8 Å². The van der Waals surface area contributed by atoms with E-state index in [2.05, 4.69) is 9.59 Å².